The van der Waals surface area contributed by atoms with Crippen LogP contribution in [-0.4, -0.2) is 18.0 Å². The molecule has 6 nitrogen and oxygen atoms in total. The molecule has 2 N–H and O–H groups in total. The number of nitro groups is 1. The molecule has 0 atom stereocenters. The molecule has 86 valence electrons. The number of hydrogen-bond acceptors (Lipinski definition) is 5. The van der Waals surface area contributed by atoms with Crippen molar-refractivity contribution in [3.8, 4) is 0 Å². The first-order chi connectivity index (χ1) is 7.51. The van der Waals surface area contributed by atoms with Crippen LogP contribution in [0.1, 0.15) is 15.9 Å². The number of hydrogen-bond donors (Lipinski definition) is 1. The van der Waals surface area contributed by atoms with Gasteiger partial charge in [0.15, 0.2) is 0 Å². The van der Waals surface area contributed by atoms with Crippen molar-refractivity contribution in [2.45, 2.75) is 6.54 Å². The van der Waals surface area contributed by atoms with Gasteiger partial charge in [-0.05, 0) is 6.07 Å². The number of nitrogens with zero attached hydrogens (tertiary/aromatic N) is 1. The highest BCUT2D eigenvalue weighted by Gasteiger charge is 2.21. The van der Waals surface area contributed by atoms with Crippen molar-refractivity contribution in [3.05, 3.63) is 39.2 Å². The second kappa shape index (κ2) is 4.67. The largest absolute Gasteiger partial charge is 0.465 e. The Bertz CT molecular complexity index is 447. The Hall–Kier alpha value is -2.02. The van der Waals surface area contributed by atoms with Crippen molar-refractivity contribution in [1.29, 1.82) is 0 Å². The van der Waals surface area contributed by atoms with E-state index in [2.05, 4.69) is 4.74 Å². The lowest BCUT2D eigenvalue weighted by Crippen LogP contribution is -2.09. The van der Waals surface area contributed by atoms with Gasteiger partial charge in [0.05, 0.1) is 23.2 Å². The third-order valence-electron chi connectivity index (χ3n) is 1.99. The highest BCUT2D eigenvalue weighted by Crippen LogP contribution is 2.23. The number of benzene rings is 1. The Labute approximate surface area is 90.0 Å². The fourth-order valence-electron chi connectivity index (χ4n) is 1.22. The van der Waals surface area contributed by atoms with Crippen LogP contribution in [-0.2, 0) is 11.3 Å². The molecule has 0 unspecified atom stereocenters. The minimum atomic E-state index is -0.892. The maximum atomic E-state index is 13.4. The highest BCUT2D eigenvalue weighted by molar-refractivity contribution is 5.90. The molecule has 0 fully saturated rings. The molecular formula is C9H9FN2O4. The van der Waals surface area contributed by atoms with Gasteiger partial charge in [0.2, 0.25) is 0 Å². The molecule has 0 aliphatic carbocycles. The number of nitro benzene ring substituents is 1. The third kappa shape index (κ3) is 2.14. The molecule has 0 radical (unpaired) electrons. The van der Waals surface area contributed by atoms with E-state index in [1.165, 1.54) is 0 Å². The van der Waals surface area contributed by atoms with Crippen LogP contribution in [0.15, 0.2) is 12.1 Å². The fourth-order valence-corrected chi connectivity index (χ4v) is 1.22. The summed E-state index contributed by atoms with van der Waals surface area (Å²) in [5.41, 5.74) is 4.21. The molecule has 0 amide bonds. The number of rotatable bonds is 3. The molecule has 0 bridgehead atoms. The van der Waals surface area contributed by atoms with Gasteiger partial charge >= 0.3 is 5.97 Å². The van der Waals surface area contributed by atoms with Gasteiger partial charge in [-0.1, -0.05) is 0 Å². The molecule has 7 heteroatoms. The van der Waals surface area contributed by atoms with E-state index in [0.717, 1.165) is 19.2 Å². The number of methoxy groups -OCH3 is 1. The molecule has 0 saturated heterocycles. The van der Waals surface area contributed by atoms with Crippen molar-refractivity contribution >= 4 is 11.7 Å². The Morgan fingerprint density at radius 1 is 1.62 bits per heavy atom. The smallest absolute Gasteiger partial charge is 0.338 e. The highest BCUT2D eigenvalue weighted by atomic mass is 19.1. The predicted octanol–water partition coefficient (Wildman–Crippen LogP) is 0.979. The zero-order valence-electron chi connectivity index (χ0n) is 8.40. The molecule has 1 aromatic carbocycles. The van der Waals surface area contributed by atoms with Crippen LogP contribution in [0.2, 0.25) is 0 Å². The summed E-state index contributed by atoms with van der Waals surface area (Å²) in [7, 11) is 1.10. The van der Waals surface area contributed by atoms with E-state index in [1.54, 1.807) is 0 Å². The first-order valence-corrected chi connectivity index (χ1v) is 4.26. The second-order valence-electron chi connectivity index (χ2n) is 2.91. The molecule has 1 aromatic rings. The van der Waals surface area contributed by atoms with Gasteiger partial charge in [-0.15, -0.1) is 0 Å². The van der Waals surface area contributed by atoms with E-state index in [9.17, 15) is 19.3 Å². The van der Waals surface area contributed by atoms with E-state index in [1.807, 2.05) is 0 Å². The van der Waals surface area contributed by atoms with Crippen molar-refractivity contribution in [2.75, 3.05) is 7.11 Å². The van der Waals surface area contributed by atoms with E-state index in [0.29, 0.717) is 0 Å². The molecule has 0 heterocycles. The summed E-state index contributed by atoms with van der Waals surface area (Å²) in [4.78, 5) is 20.9. The summed E-state index contributed by atoms with van der Waals surface area (Å²) < 4.78 is 17.7. The van der Waals surface area contributed by atoms with Crippen molar-refractivity contribution in [3.63, 3.8) is 0 Å². The van der Waals surface area contributed by atoms with Gasteiger partial charge in [-0.2, -0.15) is 0 Å². The normalized spacial score (nSPS) is 9.94. The van der Waals surface area contributed by atoms with Crippen LogP contribution in [0, 0.1) is 15.9 Å². The molecule has 0 aliphatic heterocycles. The first kappa shape index (κ1) is 12.1. The maximum Gasteiger partial charge on any atom is 0.338 e. The zero-order chi connectivity index (χ0) is 12.3. The molecular weight excluding hydrogens is 219 g/mol. The summed E-state index contributed by atoms with van der Waals surface area (Å²) in [6.45, 7) is -0.316. The number of carbonyl (C=O) groups is 1. The van der Waals surface area contributed by atoms with Crippen LogP contribution >= 0.6 is 0 Å². The van der Waals surface area contributed by atoms with Gasteiger partial charge in [-0.25, -0.2) is 9.18 Å². The van der Waals surface area contributed by atoms with Gasteiger partial charge in [0.25, 0.3) is 5.69 Å². The number of nitrogens with two attached hydrogens (primary N) is 1. The van der Waals surface area contributed by atoms with Crippen LogP contribution in [0.25, 0.3) is 0 Å². The third-order valence-corrected chi connectivity index (χ3v) is 1.99. The standard InChI is InChI=1S/C9H9FN2O4/c1-16-9(13)5-2-7(10)6(4-11)8(3-5)12(14)15/h2-3H,4,11H2,1H3. The monoisotopic (exact) mass is 228 g/mol. The molecule has 0 spiro atoms. The molecule has 0 saturated carbocycles. The average molecular weight is 228 g/mol. The lowest BCUT2D eigenvalue weighted by Gasteiger charge is -2.04. The van der Waals surface area contributed by atoms with Gasteiger partial charge in [-0.3, -0.25) is 10.1 Å². The maximum absolute atomic E-state index is 13.4. The Balaban J connectivity index is 3.39. The fraction of sp³-hybridized carbons (Fsp3) is 0.222. The van der Waals surface area contributed by atoms with Crippen molar-refractivity contribution in [2.24, 2.45) is 5.73 Å². The van der Waals surface area contributed by atoms with Crippen LogP contribution in [0.5, 0.6) is 0 Å². The predicted molar refractivity (Wildman–Crippen MR) is 52.3 cm³/mol. The topological polar surface area (TPSA) is 95.5 Å². The first-order valence-electron chi connectivity index (χ1n) is 4.26. The van der Waals surface area contributed by atoms with Gasteiger partial charge in [0, 0.05) is 12.6 Å². The number of carbonyl (C=O) groups excluding carboxylic acids is 1. The molecule has 1 rings (SSSR count). The van der Waals surface area contributed by atoms with E-state index < -0.39 is 22.4 Å². The summed E-state index contributed by atoms with van der Waals surface area (Å²) in [6.07, 6.45) is 0. The Morgan fingerprint density at radius 3 is 2.69 bits per heavy atom. The van der Waals surface area contributed by atoms with E-state index >= 15 is 0 Å². The lowest BCUT2D eigenvalue weighted by molar-refractivity contribution is -0.385. The Kier molecular flexibility index (Phi) is 3.51. The van der Waals surface area contributed by atoms with Crippen molar-refractivity contribution in [1.82, 2.24) is 0 Å². The van der Waals surface area contributed by atoms with E-state index in [-0.39, 0.29) is 17.7 Å². The summed E-state index contributed by atoms with van der Waals surface area (Å²) in [6, 6.07) is 1.80. The number of halogens is 1. The van der Waals surface area contributed by atoms with Crippen LogP contribution in [0.3, 0.4) is 0 Å². The zero-order valence-corrected chi connectivity index (χ0v) is 8.40. The quantitative estimate of drug-likeness (QED) is 0.472. The molecule has 0 aromatic heterocycles. The molecule has 16 heavy (non-hydrogen) atoms. The van der Waals surface area contributed by atoms with Crippen molar-refractivity contribution < 1.29 is 18.8 Å². The summed E-state index contributed by atoms with van der Waals surface area (Å²) >= 11 is 0. The SMILES string of the molecule is COC(=O)c1cc(F)c(CN)c([N+](=O)[O-])c1. The van der Waals surface area contributed by atoms with Crippen LogP contribution in [0.4, 0.5) is 10.1 Å². The molecule has 0 aliphatic rings. The minimum absolute atomic E-state index is 0.219. The number of esters is 1. The number of ether oxygens (including phenoxy) is 1. The summed E-state index contributed by atoms with van der Waals surface area (Å²) in [5.74, 6) is -1.73. The second-order valence-corrected chi connectivity index (χ2v) is 2.91. The summed E-state index contributed by atoms with van der Waals surface area (Å²) in [5, 5.41) is 10.6. The minimum Gasteiger partial charge on any atom is -0.465 e. The van der Waals surface area contributed by atoms with Gasteiger partial charge < -0.3 is 10.5 Å². The van der Waals surface area contributed by atoms with E-state index in [4.69, 9.17) is 5.73 Å². The van der Waals surface area contributed by atoms with Gasteiger partial charge in [0.1, 0.15) is 5.82 Å². The Morgan fingerprint density at radius 2 is 2.25 bits per heavy atom. The average Bonchev–Trinajstić information content (AvgIpc) is 2.26. The van der Waals surface area contributed by atoms with Crippen LogP contribution < -0.4 is 5.73 Å². The lowest BCUT2D eigenvalue weighted by atomic mass is 10.1.